The quantitative estimate of drug-likeness (QED) is 0.122. The third-order valence-electron chi connectivity index (χ3n) is 7.72. The van der Waals surface area contributed by atoms with Gasteiger partial charge in [0.15, 0.2) is 0 Å². The Balaban J connectivity index is 1.22. The van der Waals surface area contributed by atoms with Crippen LogP contribution in [0.5, 0.6) is 23.0 Å². The molecule has 0 fully saturated rings. The van der Waals surface area contributed by atoms with E-state index in [9.17, 15) is 5.11 Å². The van der Waals surface area contributed by atoms with E-state index in [2.05, 4.69) is 0 Å². The summed E-state index contributed by atoms with van der Waals surface area (Å²) in [6.07, 6.45) is 2.66. The Morgan fingerprint density at radius 3 is 1.31 bits per heavy atom. The molecule has 0 bridgehead atoms. The SMILES string of the molecule is OC(C=Cc1ccc(OCc2ccccc2)cc1OCc1ccccc1)c1ccc(OCc2ccccc2)cc1OCc1ccccc1. The molecule has 5 heteroatoms. The molecule has 6 aromatic rings. The highest BCUT2D eigenvalue weighted by Crippen LogP contribution is 2.33. The van der Waals surface area contributed by atoms with Crippen LogP contribution >= 0.6 is 0 Å². The lowest BCUT2D eigenvalue weighted by Crippen LogP contribution is -2.03. The Morgan fingerprint density at radius 1 is 0.438 bits per heavy atom. The van der Waals surface area contributed by atoms with Crippen LogP contribution in [-0.2, 0) is 26.4 Å². The average Bonchev–Trinajstić information content (AvgIpc) is 3.15. The van der Waals surface area contributed by atoms with Crippen LogP contribution in [0.4, 0.5) is 0 Å². The molecule has 0 aliphatic carbocycles. The van der Waals surface area contributed by atoms with Gasteiger partial charge in [-0.25, -0.2) is 0 Å². The van der Waals surface area contributed by atoms with Crippen molar-refractivity contribution in [1.82, 2.24) is 0 Å². The van der Waals surface area contributed by atoms with Gasteiger partial charge in [-0.2, -0.15) is 0 Å². The van der Waals surface area contributed by atoms with Crippen LogP contribution < -0.4 is 18.9 Å². The molecule has 0 aromatic heterocycles. The molecule has 0 spiro atoms. The topological polar surface area (TPSA) is 57.2 Å². The largest absolute Gasteiger partial charge is 0.489 e. The predicted molar refractivity (Wildman–Crippen MR) is 190 cm³/mol. The van der Waals surface area contributed by atoms with Crippen molar-refractivity contribution in [3.8, 4) is 23.0 Å². The van der Waals surface area contributed by atoms with Gasteiger partial charge in [0.2, 0.25) is 0 Å². The maximum absolute atomic E-state index is 11.4. The molecule has 0 amide bonds. The Kier molecular flexibility index (Phi) is 11.2. The summed E-state index contributed by atoms with van der Waals surface area (Å²) in [6, 6.07) is 51.3. The minimum Gasteiger partial charge on any atom is -0.489 e. The molecular formula is C43H38O5. The first-order valence-electron chi connectivity index (χ1n) is 16.0. The van der Waals surface area contributed by atoms with Crippen LogP contribution in [0.1, 0.15) is 39.5 Å². The van der Waals surface area contributed by atoms with Crippen molar-refractivity contribution >= 4 is 6.08 Å². The van der Waals surface area contributed by atoms with Crippen molar-refractivity contribution in [2.24, 2.45) is 0 Å². The van der Waals surface area contributed by atoms with Gasteiger partial charge in [-0.3, -0.25) is 0 Å². The van der Waals surface area contributed by atoms with Crippen LogP contribution in [0.2, 0.25) is 0 Å². The molecule has 0 saturated heterocycles. The van der Waals surface area contributed by atoms with Crippen molar-refractivity contribution < 1.29 is 24.1 Å². The second-order valence-corrected chi connectivity index (χ2v) is 11.3. The van der Waals surface area contributed by atoms with Crippen LogP contribution in [0.15, 0.2) is 164 Å². The monoisotopic (exact) mass is 634 g/mol. The zero-order valence-corrected chi connectivity index (χ0v) is 26.7. The minimum absolute atomic E-state index is 0.355. The van der Waals surface area contributed by atoms with E-state index >= 15 is 0 Å². The third-order valence-corrected chi connectivity index (χ3v) is 7.72. The van der Waals surface area contributed by atoms with Gasteiger partial charge < -0.3 is 24.1 Å². The zero-order chi connectivity index (χ0) is 32.8. The molecule has 0 aliphatic heterocycles. The van der Waals surface area contributed by atoms with Crippen LogP contribution in [-0.4, -0.2) is 5.11 Å². The summed E-state index contributed by atoms with van der Waals surface area (Å²) in [6.45, 7) is 1.63. The molecule has 1 atom stereocenters. The summed E-state index contributed by atoms with van der Waals surface area (Å²) in [7, 11) is 0. The summed E-state index contributed by atoms with van der Waals surface area (Å²) in [5, 5.41) is 11.4. The van der Waals surface area contributed by atoms with Crippen molar-refractivity contribution in [2.75, 3.05) is 0 Å². The lowest BCUT2D eigenvalue weighted by atomic mass is 10.1. The number of ether oxygens (including phenoxy) is 4. The smallest absolute Gasteiger partial charge is 0.130 e. The summed E-state index contributed by atoms with van der Waals surface area (Å²) >= 11 is 0. The molecule has 48 heavy (non-hydrogen) atoms. The first-order valence-corrected chi connectivity index (χ1v) is 16.0. The highest BCUT2D eigenvalue weighted by molar-refractivity contribution is 5.60. The molecule has 0 saturated carbocycles. The number of hydrogen-bond donors (Lipinski definition) is 1. The van der Waals surface area contributed by atoms with Gasteiger partial charge in [-0.1, -0.05) is 133 Å². The van der Waals surface area contributed by atoms with Gasteiger partial charge in [0.25, 0.3) is 0 Å². The van der Waals surface area contributed by atoms with E-state index in [0.717, 1.165) is 27.8 Å². The lowest BCUT2D eigenvalue weighted by molar-refractivity contribution is 0.216. The molecular weight excluding hydrogens is 596 g/mol. The molecule has 0 radical (unpaired) electrons. The Hall–Kier alpha value is -5.78. The van der Waals surface area contributed by atoms with E-state index < -0.39 is 6.10 Å². The first kappa shape index (κ1) is 32.2. The Bertz CT molecular complexity index is 1870. The molecule has 6 rings (SSSR count). The van der Waals surface area contributed by atoms with Gasteiger partial charge in [0.1, 0.15) is 55.5 Å². The first-order chi connectivity index (χ1) is 23.7. The van der Waals surface area contributed by atoms with E-state index in [1.165, 1.54) is 0 Å². The van der Waals surface area contributed by atoms with Gasteiger partial charge in [-0.05, 0) is 46.5 Å². The highest BCUT2D eigenvalue weighted by Gasteiger charge is 2.14. The Labute approximate surface area is 282 Å². The van der Waals surface area contributed by atoms with Gasteiger partial charge in [0, 0.05) is 23.3 Å². The summed E-state index contributed by atoms with van der Waals surface area (Å²) in [5.41, 5.74) is 5.67. The number of rotatable bonds is 15. The van der Waals surface area contributed by atoms with Crippen molar-refractivity contribution in [2.45, 2.75) is 32.5 Å². The third kappa shape index (κ3) is 9.38. The average molecular weight is 635 g/mol. The standard InChI is InChI=1S/C43H38O5/c44-41(40-25-24-39(46-30-34-15-7-2-8-16-34)28-43(40)48-32-36-19-11-4-12-20-36)26-22-37-21-23-38(45-29-33-13-5-1-6-14-33)27-42(37)47-31-35-17-9-3-10-18-35/h1-28,41,44H,29-32H2. The normalized spacial score (nSPS) is 11.6. The number of aliphatic hydroxyl groups is 1. The van der Waals surface area contributed by atoms with E-state index in [1.54, 1.807) is 6.08 Å². The number of hydrogen-bond acceptors (Lipinski definition) is 5. The van der Waals surface area contributed by atoms with E-state index in [4.69, 9.17) is 18.9 Å². The molecule has 1 unspecified atom stereocenters. The zero-order valence-electron chi connectivity index (χ0n) is 26.7. The van der Waals surface area contributed by atoms with Crippen LogP contribution in [0.25, 0.3) is 6.08 Å². The maximum atomic E-state index is 11.4. The molecule has 6 aromatic carbocycles. The number of aliphatic hydroxyl groups excluding tert-OH is 1. The fourth-order valence-electron chi connectivity index (χ4n) is 5.09. The molecule has 0 aliphatic rings. The van der Waals surface area contributed by atoms with Crippen LogP contribution in [0.3, 0.4) is 0 Å². The number of benzene rings is 6. The van der Waals surface area contributed by atoms with E-state index in [-0.39, 0.29) is 0 Å². The molecule has 5 nitrogen and oxygen atoms in total. The minimum atomic E-state index is -0.949. The molecule has 0 heterocycles. The maximum Gasteiger partial charge on any atom is 0.130 e. The second kappa shape index (κ2) is 16.7. The summed E-state index contributed by atoms with van der Waals surface area (Å²) < 4.78 is 24.7. The van der Waals surface area contributed by atoms with Crippen molar-refractivity contribution in [3.63, 3.8) is 0 Å². The fourth-order valence-corrected chi connectivity index (χ4v) is 5.09. The van der Waals surface area contributed by atoms with Gasteiger partial charge in [0.05, 0.1) is 0 Å². The summed E-state index contributed by atoms with van der Waals surface area (Å²) in [5.74, 6) is 2.55. The van der Waals surface area contributed by atoms with Crippen LogP contribution in [0, 0.1) is 0 Å². The van der Waals surface area contributed by atoms with Crippen molar-refractivity contribution in [3.05, 3.63) is 197 Å². The predicted octanol–water partition coefficient (Wildman–Crippen LogP) is 9.75. The van der Waals surface area contributed by atoms with E-state index in [1.807, 2.05) is 164 Å². The Morgan fingerprint density at radius 2 is 0.833 bits per heavy atom. The highest BCUT2D eigenvalue weighted by atomic mass is 16.5. The van der Waals surface area contributed by atoms with Gasteiger partial charge >= 0.3 is 0 Å². The second-order valence-electron chi connectivity index (χ2n) is 11.3. The molecule has 240 valence electrons. The fraction of sp³-hybridized carbons (Fsp3) is 0.116. The summed E-state index contributed by atoms with van der Waals surface area (Å²) in [4.78, 5) is 0. The van der Waals surface area contributed by atoms with Crippen molar-refractivity contribution in [1.29, 1.82) is 0 Å². The lowest BCUT2D eigenvalue weighted by Gasteiger charge is -2.17. The van der Waals surface area contributed by atoms with Gasteiger partial charge in [-0.15, -0.1) is 0 Å². The molecule has 1 N–H and O–H groups in total. The van der Waals surface area contributed by atoms with E-state index in [0.29, 0.717) is 55.0 Å².